The fourth-order valence-electron chi connectivity index (χ4n) is 2.10. The van der Waals surface area contributed by atoms with E-state index in [-0.39, 0.29) is 6.04 Å². The van der Waals surface area contributed by atoms with Crippen LogP contribution in [0.1, 0.15) is 24.2 Å². The van der Waals surface area contributed by atoms with Crippen LogP contribution in [0.3, 0.4) is 0 Å². The fourth-order valence-corrected chi connectivity index (χ4v) is 2.51. The number of methoxy groups -OCH3 is 1. The first kappa shape index (κ1) is 15.1. The molecule has 0 aliphatic carbocycles. The van der Waals surface area contributed by atoms with E-state index in [0.717, 1.165) is 23.6 Å². The number of nitrogens with one attached hydrogen (secondary N) is 1. The van der Waals surface area contributed by atoms with E-state index in [1.807, 2.05) is 31.2 Å². The van der Waals surface area contributed by atoms with Gasteiger partial charge in [0.15, 0.2) is 0 Å². The van der Waals surface area contributed by atoms with Crippen molar-refractivity contribution in [2.24, 2.45) is 0 Å². The molecule has 0 aliphatic heterocycles. The largest absolute Gasteiger partial charge is 0.496 e. The molecule has 2 rings (SSSR count). The van der Waals surface area contributed by atoms with Crippen LogP contribution >= 0.6 is 23.2 Å². The molecule has 20 heavy (non-hydrogen) atoms. The summed E-state index contributed by atoms with van der Waals surface area (Å²) >= 11 is 12.4. The summed E-state index contributed by atoms with van der Waals surface area (Å²) in [6.07, 6.45) is 1.72. The molecule has 1 unspecified atom stereocenters. The molecule has 1 aromatic carbocycles. The molecular formula is C15H16Cl2N2O. The summed E-state index contributed by atoms with van der Waals surface area (Å²) in [7, 11) is 1.63. The molecule has 0 saturated heterocycles. The number of aromatic nitrogens is 1. The van der Waals surface area contributed by atoms with Crippen LogP contribution in [0, 0.1) is 0 Å². The zero-order valence-electron chi connectivity index (χ0n) is 11.4. The molecule has 0 bridgehead atoms. The molecule has 1 atom stereocenters. The van der Waals surface area contributed by atoms with Crippen LogP contribution in [0.25, 0.3) is 0 Å². The molecule has 1 N–H and O–H groups in total. The topological polar surface area (TPSA) is 34.1 Å². The molecule has 0 fully saturated rings. The smallest absolute Gasteiger partial charge is 0.124 e. The lowest BCUT2D eigenvalue weighted by atomic mass is 10.0. The van der Waals surface area contributed by atoms with Crippen molar-refractivity contribution in [2.45, 2.75) is 13.0 Å². The van der Waals surface area contributed by atoms with E-state index in [9.17, 15) is 0 Å². The maximum Gasteiger partial charge on any atom is 0.124 e. The minimum absolute atomic E-state index is 0.164. The van der Waals surface area contributed by atoms with E-state index in [2.05, 4.69) is 10.3 Å². The van der Waals surface area contributed by atoms with Crippen LogP contribution in [0.5, 0.6) is 5.75 Å². The van der Waals surface area contributed by atoms with Crippen LogP contribution < -0.4 is 10.1 Å². The van der Waals surface area contributed by atoms with Crippen LogP contribution in [0.2, 0.25) is 10.0 Å². The highest BCUT2D eigenvalue weighted by Gasteiger charge is 2.21. The number of hydrogen-bond acceptors (Lipinski definition) is 3. The highest BCUT2D eigenvalue weighted by molar-refractivity contribution is 6.31. The minimum atomic E-state index is -0.164. The van der Waals surface area contributed by atoms with Crippen LogP contribution in [0.4, 0.5) is 0 Å². The second-order valence-corrected chi connectivity index (χ2v) is 5.09. The van der Waals surface area contributed by atoms with Gasteiger partial charge in [0, 0.05) is 16.8 Å². The van der Waals surface area contributed by atoms with Gasteiger partial charge in [0.2, 0.25) is 0 Å². The van der Waals surface area contributed by atoms with E-state index < -0.39 is 0 Å². The van der Waals surface area contributed by atoms with E-state index in [0.29, 0.717) is 10.0 Å². The third-order valence-electron chi connectivity index (χ3n) is 2.97. The van der Waals surface area contributed by atoms with Gasteiger partial charge in [-0.3, -0.25) is 4.98 Å². The summed E-state index contributed by atoms with van der Waals surface area (Å²) in [6, 6.07) is 8.99. The average Bonchev–Trinajstić information content (AvgIpc) is 2.46. The Morgan fingerprint density at radius 1 is 1.30 bits per heavy atom. The molecule has 0 saturated carbocycles. The third-order valence-corrected chi connectivity index (χ3v) is 3.53. The lowest BCUT2D eigenvalue weighted by molar-refractivity contribution is 0.404. The molecule has 5 heteroatoms. The Labute approximate surface area is 128 Å². The Hall–Kier alpha value is -1.29. The number of ether oxygens (including phenoxy) is 1. The first-order chi connectivity index (χ1) is 9.67. The first-order valence-corrected chi connectivity index (χ1v) is 7.10. The Kier molecular flexibility index (Phi) is 5.24. The summed E-state index contributed by atoms with van der Waals surface area (Å²) < 4.78 is 5.42. The number of nitrogens with zero attached hydrogens (tertiary/aromatic N) is 1. The predicted molar refractivity (Wildman–Crippen MR) is 82.8 cm³/mol. The van der Waals surface area contributed by atoms with Gasteiger partial charge in [0.25, 0.3) is 0 Å². The molecule has 0 spiro atoms. The maximum atomic E-state index is 6.26. The summed E-state index contributed by atoms with van der Waals surface area (Å²) in [5.74, 6) is 0.752. The zero-order chi connectivity index (χ0) is 14.5. The van der Waals surface area contributed by atoms with E-state index in [1.54, 1.807) is 19.4 Å². The highest BCUT2D eigenvalue weighted by Crippen LogP contribution is 2.34. The molecule has 0 amide bonds. The molecule has 3 nitrogen and oxygen atoms in total. The fraction of sp³-hybridized carbons (Fsp3) is 0.267. The number of hydrogen-bond donors (Lipinski definition) is 1. The summed E-state index contributed by atoms with van der Waals surface area (Å²) in [4.78, 5) is 4.39. The van der Waals surface area contributed by atoms with Gasteiger partial charge in [-0.1, -0.05) is 30.1 Å². The van der Waals surface area contributed by atoms with Crippen molar-refractivity contribution < 1.29 is 4.74 Å². The van der Waals surface area contributed by atoms with Crippen LogP contribution in [-0.2, 0) is 0 Å². The van der Waals surface area contributed by atoms with E-state index >= 15 is 0 Å². The van der Waals surface area contributed by atoms with Crippen molar-refractivity contribution in [2.75, 3.05) is 13.7 Å². The SMILES string of the molecule is CCNC(c1cc(Cl)ccc1OC)c1ncccc1Cl. The number of benzene rings is 1. The zero-order valence-corrected chi connectivity index (χ0v) is 12.9. The third kappa shape index (κ3) is 3.23. The molecule has 2 aromatic rings. The van der Waals surface area contributed by atoms with Crippen LogP contribution in [0.15, 0.2) is 36.5 Å². The highest BCUT2D eigenvalue weighted by atomic mass is 35.5. The normalized spacial score (nSPS) is 12.2. The summed E-state index contributed by atoms with van der Waals surface area (Å²) in [6.45, 7) is 2.80. The van der Waals surface area contributed by atoms with Crippen LogP contribution in [-0.4, -0.2) is 18.6 Å². The Balaban J connectivity index is 2.54. The van der Waals surface area contributed by atoms with Crippen molar-refractivity contribution >= 4 is 23.2 Å². The number of pyridine rings is 1. The van der Waals surface area contributed by atoms with Gasteiger partial charge < -0.3 is 10.1 Å². The lowest BCUT2D eigenvalue weighted by Crippen LogP contribution is -2.23. The standard InChI is InChI=1S/C15H16Cl2N2O/c1-3-18-14(15-12(17)5-4-8-19-15)11-9-10(16)6-7-13(11)20-2/h4-9,14,18H,3H2,1-2H3. The molecule has 1 aromatic heterocycles. The monoisotopic (exact) mass is 310 g/mol. The van der Waals surface area contributed by atoms with Gasteiger partial charge in [-0.2, -0.15) is 0 Å². The van der Waals surface area contributed by atoms with Crippen molar-refractivity contribution in [1.82, 2.24) is 10.3 Å². The van der Waals surface area contributed by atoms with Crippen molar-refractivity contribution in [3.63, 3.8) is 0 Å². The van der Waals surface area contributed by atoms with Crippen molar-refractivity contribution in [3.05, 3.63) is 57.8 Å². The molecule has 0 radical (unpaired) electrons. The number of halogens is 2. The Bertz CT molecular complexity index is 590. The van der Waals surface area contributed by atoms with Gasteiger partial charge in [-0.15, -0.1) is 0 Å². The quantitative estimate of drug-likeness (QED) is 0.903. The van der Waals surface area contributed by atoms with Gasteiger partial charge in [-0.25, -0.2) is 0 Å². The lowest BCUT2D eigenvalue weighted by Gasteiger charge is -2.21. The van der Waals surface area contributed by atoms with E-state index in [4.69, 9.17) is 27.9 Å². The summed E-state index contributed by atoms with van der Waals surface area (Å²) in [5, 5.41) is 4.63. The second kappa shape index (κ2) is 6.93. The van der Waals surface area contributed by atoms with Crippen molar-refractivity contribution in [3.8, 4) is 5.75 Å². The minimum Gasteiger partial charge on any atom is -0.496 e. The Morgan fingerprint density at radius 3 is 2.75 bits per heavy atom. The van der Waals surface area contributed by atoms with Crippen molar-refractivity contribution in [1.29, 1.82) is 0 Å². The average molecular weight is 311 g/mol. The van der Waals surface area contributed by atoms with Gasteiger partial charge >= 0.3 is 0 Å². The molecular weight excluding hydrogens is 295 g/mol. The molecule has 106 valence electrons. The van der Waals surface area contributed by atoms with E-state index in [1.165, 1.54) is 0 Å². The maximum absolute atomic E-state index is 6.26. The predicted octanol–water partition coefficient (Wildman–Crippen LogP) is 4.10. The van der Waals surface area contributed by atoms with Gasteiger partial charge in [0.05, 0.1) is 23.9 Å². The molecule has 1 heterocycles. The van der Waals surface area contributed by atoms with Gasteiger partial charge in [-0.05, 0) is 36.9 Å². The second-order valence-electron chi connectivity index (χ2n) is 4.25. The molecule has 0 aliphatic rings. The summed E-state index contributed by atoms with van der Waals surface area (Å²) in [5.41, 5.74) is 1.68. The first-order valence-electron chi connectivity index (χ1n) is 6.34. The Morgan fingerprint density at radius 2 is 2.10 bits per heavy atom. The van der Waals surface area contributed by atoms with Gasteiger partial charge in [0.1, 0.15) is 5.75 Å². The number of rotatable bonds is 5.